The number of anilines is 1. The van der Waals surface area contributed by atoms with E-state index in [1.54, 1.807) is 0 Å². The molecule has 3 N–H and O–H groups in total. The van der Waals surface area contributed by atoms with Gasteiger partial charge in [0.15, 0.2) is 0 Å². The number of benzene rings is 2. The van der Waals surface area contributed by atoms with Gasteiger partial charge in [-0.2, -0.15) is 0 Å². The molecular weight excluding hydrogens is 260 g/mol. The van der Waals surface area contributed by atoms with Gasteiger partial charge in [0.2, 0.25) is 5.91 Å². The number of hydrogen-bond acceptors (Lipinski definition) is 2. The van der Waals surface area contributed by atoms with E-state index in [1.807, 2.05) is 43.3 Å². The SMILES string of the molecule is Cc1ccccc1[C@H](C)NC(=O)CCc1ccc(N)cc1. The lowest BCUT2D eigenvalue weighted by Gasteiger charge is -2.16. The van der Waals surface area contributed by atoms with E-state index in [2.05, 4.69) is 24.4 Å². The number of carbonyl (C=O) groups excluding carboxylic acids is 1. The van der Waals surface area contributed by atoms with Crippen molar-refractivity contribution in [1.29, 1.82) is 0 Å². The van der Waals surface area contributed by atoms with E-state index in [9.17, 15) is 4.79 Å². The lowest BCUT2D eigenvalue weighted by Crippen LogP contribution is -2.27. The molecule has 1 amide bonds. The molecule has 0 bridgehead atoms. The number of aryl methyl sites for hydroxylation is 2. The molecule has 3 heteroatoms. The van der Waals surface area contributed by atoms with Crippen LogP contribution in [0.4, 0.5) is 5.69 Å². The van der Waals surface area contributed by atoms with Gasteiger partial charge in [0.25, 0.3) is 0 Å². The first-order valence-electron chi connectivity index (χ1n) is 7.25. The van der Waals surface area contributed by atoms with Crippen LogP contribution >= 0.6 is 0 Å². The maximum absolute atomic E-state index is 12.0. The fourth-order valence-corrected chi connectivity index (χ4v) is 2.41. The molecule has 0 saturated heterocycles. The Morgan fingerprint density at radius 3 is 2.48 bits per heavy atom. The highest BCUT2D eigenvalue weighted by Gasteiger charge is 2.11. The molecule has 3 nitrogen and oxygen atoms in total. The molecule has 1 atom stereocenters. The standard InChI is InChI=1S/C18H22N2O/c1-13-5-3-4-6-17(13)14(2)20-18(21)12-9-15-7-10-16(19)11-8-15/h3-8,10-11,14H,9,12,19H2,1-2H3,(H,20,21)/t14-/m0/s1. The van der Waals surface area contributed by atoms with Crippen molar-refractivity contribution in [3.05, 3.63) is 65.2 Å². The molecule has 0 aliphatic heterocycles. The Morgan fingerprint density at radius 1 is 1.14 bits per heavy atom. The summed E-state index contributed by atoms with van der Waals surface area (Å²) in [6.45, 7) is 4.08. The van der Waals surface area contributed by atoms with Crippen molar-refractivity contribution in [2.45, 2.75) is 32.7 Å². The Kier molecular flexibility index (Phi) is 4.99. The molecule has 0 aliphatic rings. The Labute approximate surface area is 126 Å². The number of nitrogens with two attached hydrogens (primary N) is 1. The lowest BCUT2D eigenvalue weighted by atomic mass is 10.0. The van der Waals surface area contributed by atoms with Crippen molar-refractivity contribution in [3.63, 3.8) is 0 Å². The first-order valence-corrected chi connectivity index (χ1v) is 7.25. The van der Waals surface area contributed by atoms with Gasteiger partial charge in [-0.1, -0.05) is 36.4 Å². The monoisotopic (exact) mass is 282 g/mol. The van der Waals surface area contributed by atoms with E-state index in [1.165, 1.54) is 11.1 Å². The average molecular weight is 282 g/mol. The van der Waals surface area contributed by atoms with Crippen molar-refractivity contribution >= 4 is 11.6 Å². The Balaban J connectivity index is 1.87. The van der Waals surface area contributed by atoms with Crippen LogP contribution in [0.2, 0.25) is 0 Å². The van der Waals surface area contributed by atoms with Gasteiger partial charge in [0.05, 0.1) is 6.04 Å². The molecule has 0 fully saturated rings. The summed E-state index contributed by atoms with van der Waals surface area (Å²) < 4.78 is 0. The van der Waals surface area contributed by atoms with Crippen molar-refractivity contribution in [2.75, 3.05) is 5.73 Å². The number of nitrogens with one attached hydrogen (secondary N) is 1. The zero-order chi connectivity index (χ0) is 15.2. The third kappa shape index (κ3) is 4.35. The summed E-state index contributed by atoms with van der Waals surface area (Å²) in [6, 6.07) is 15.8. The van der Waals surface area contributed by atoms with Crippen LogP contribution in [0, 0.1) is 6.92 Å². The van der Waals surface area contributed by atoms with Gasteiger partial charge >= 0.3 is 0 Å². The summed E-state index contributed by atoms with van der Waals surface area (Å²) in [4.78, 5) is 12.0. The second-order valence-electron chi connectivity index (χ2n) is 5.39. The number of nitrogen functional groups attached to an aromatic ring is 1. The lowest BCUT2D eigenvalue weighted by molar-refractivity contribution is -0.121. The molecule has 0 heterocycles. The summed E-state index contributed by atoms with van der Waals surface area (Å²) in [5.41, 5.74) is 9.89. The number of carbonyl (C=O) groups is 1. The summed E-state index contributed by atoms with van der Waals surface area (Å²) in [7, 11) is 0. The zero-order valence-corrected chi connectivity index (χ0v) is 12.6. The highest BCUT2D eigenvalue weighted by atomic mass is 16.1. The average Bonchev–Trinajstić information content (AvgIpc) is 2.47. The van der Waals surface area contributed by atoms with E-state index in [-0.39, 0.29) is 11.9 Å². The van der Waals surface area contributed by atoms with Gasteiger partial charge in [0, 0.05) is 12.1 Å². The molecule has 0 aliphatic carbocycles. The number of amides is 1. The molecular formula is C18H22N2O. The minimum Gasteiger partial charge on any atom is -0.399 e. The van der Waals surface area contributed by atoms with Crippen LogP contribution in [0.3, 0.4) is 0 Å². The van der Waals surface area contributed by atoms with E-state index in [0.29, 0.717) is 6.42 Å². The number of hydrogen-bond donors (Lipinski definition) is 2. The van der Waals surface area contributed by atoms with E-state index in [0.717, 1.165) is 17.7 Å². The highest BCUT2D eigenvalue weighted by molar-refractivity contribution is 5.76. The fourth-order valence-electron chi connectivity index (χ4n) is 2.41. The fraction of sp³-hybridized carbons (Fsp3) is 0.278. The summed E-state index contributed by atoms with van der Waals surface area (Å²) >= 11 is 0. The van der Waals surface area contributed by atoms with Crippen molar-refractivity contribution in [1.82, 2.24) is 5.32 Å². The van der Waals surface area contributed by atoms with Gasteiger partial charge in [-0.3, -0.25) is 4.79 Å². The van der Waals surface area contributed by atoms with Crippen LogP contribution in [0.15, 0.2) is 48.5 Å². The van der Waals surface area contributed by atoms with E-state index < -0.39 is 0 Å². The molecule has 2 aromatic carbocycles. The first-order chi connectivity index (χ1) is 10.1. The van der Waals surface area contributed by atoms with Gasteiger partial charge in [0.1, 0.15) is 0 Å². The van der Waals surface area contributed by atoms with Crippen LogP contribution in [0.5, 0.6) is 0 Å². The summed E-state index contributed by atoms with van der Waals surface area (Å²) in [5.74, 6) is 0.0718. The van der Waals surface area contributed by atoms with E-state index in [4.69, 9.17) is 5.73 Å². The molecule has 21 heavy (non-hydrogen) atoms. The summed E-state index contributed by atoms with van der Waals surface area (Å²) in [5, 5.41) is 3.06. The van der Waals surface area contributed by atoms with Crippen molar-refractivity contribution in [3.8, 4) is 0 Å². The number of rotatable bonds is 5. The van der Waals surface area contributed by atoms with Crippen LogP contribution in [-0.4, -0.2) is 5.91 Å². The van der Waals surface area contributed by atoms with Crippen LogP contribution in [0.1, 0.15) is 36.1 Å². The zero-order valence-electron chi connectivity index (χ0n) is 12.6. The normalized spacial score (nSPS) is 11.9. The molecule has 0 saturated carbocycles. The highest BCUT2D eigenvalue weighted by Crippen LogP contribution is 2.17. The maximum Gasteiger partial charge on any atom is 0.220 e. The Morgan fingerprint density at radius 2 is 1.81 bits per heavy atom. The van der Waals surface area contributed by atoms with Crippen LogP contribution in [0.25, 0.3) is 0 Å². The molecule has 0 unspecified atom stereocenters. The third-order valence-corrected chi connectivity index (χ3v) is 3.65. The smallest absolute Gasteiger partial charge is 0.220 e. The first kappa shape index (κ1) is 15.1. The van der Waals surface area contributed by atoms with E-state index >= 15 is 0 Å². The predicted octanol–water partition coefficient (Wildman–Crippen LogP) is 3.39. The Bertz CT molecular complexity index is 605. The largest absolute Gasteiger partial charge is 0.399 e. The van der Waals surface area contributed by atoms with Crippen LogP contribution < -0.4 is 11.1 Å². The van der Waals surface area contributed by atoms with Gasteiger partial charge in [-0.15, -0.1) is 0 Å². The minimum absolute atomic E-state index is 0.0325. The molecule has 0 radical (unpaired) electrons. The van der Waals surface area contributed by atoms with Gasteiger partial charge < -0.3 is 11.1 Å². The van der Waals surface area contributed by atoms with Crippen molar-refractivity contribution in [2.24, 2.45) is 0 Å². The Hall–Kier alpha value is -2.29. The van der Waals surface area contributed by atoms with Crippen LogP contribution in [-0.2, 0) is 11.2 Å². The third-order valence-electron chi connectivity index (χ3n) is 3.65. The predicted molar refractivity (Wildman–Crippen MR) is 86.9 cm³/mol. The second kappa shape index (κ2) is 6.93. The van der Waals surface area contributed by atoms with Gasteiger partial charge in [-0.25, -0.2) is 0 Å². The molecule has 0 aromatic heterocycles. The van der Waals surface area contributed by atoms with Gasteiger partial charge in [-0.05, 0) is 49.1 Å². The minimum atomic E-state index is 0.0325. The molecule has 0 spiro atoms. The quantitative estimate of drug-likeness (QED) is 0.826. The topological polar surface area (TPSA) is 55.1 Å². The molecule has 2 aromatic rings. The summed E-state index contributed by atoms with van der Waals surface area (Å²) in [6.07, 6.45) is 1.22. The second-order valence-corrected chi connectivity index (χ2v) is 5.39. The maximum atomic E-state index is 12.0. The molecule has 2 rings (SSSR count). The van der Waals surface area contributed by atoms with Crippen molar-refractivity contribution < 1.29 is 4.79 Å². The molecule has 110 valence electrons.